The van der Waals surface area contributed by atoms with Crippen LogP contribution in [0, 0.1) is 13.8 Å². The lowest BCUT2D eigenvalue weighted by Crippen LogP contribution is -2.05. The average molecular weight is 339 g/mol. The highest BCUT2D eigenvalue weighted by Gasteiger charge is 2.14. The summed E-state index contributed by atoms with van der Waals surface area (Å²) >= 11 is 9.39. The number of nitrogens with two attached hydrogens (primary N) is 1. The molecule has 0 heterocycles. The molecule has 0 aliphatic rings. The average Bonchev–Trinajstić information content (AvgIpc) is 2.31. The van der Waals surface area contributed by atoms with E-state index in [9.17, 15) is 4.79 Å². The van der Waals surface area contributed by atoms with Gasteiger partial charge in [-0.2, -0.15) is 0 Å². The summed E-state index contributed by atoms with van der Waals surface area (Å²) in [6, 6.07) is 8.83. The van der Waals surface area contributed by atoms with Crippen LogP contribution < -0.4 is 5.73 Å². The second kappa shape index (κ2) is 5.35. The van der Waals surface area contributed by atoms with E-state index in [0.29, 0.717) is 21.8 Å². The highest BCUT2D eigenvalue weighted by molar-refractivity contribution is 9.10. The number of anilines is 1. The number of rotatable bonds is 2. The Labute approximate surface area is 125 Å². The molecule has 0 fully saturated rings. The van der Waals surface area contributed by atoms with Crippen LogP contribution in [0.25, 0.3) is 0 Å². The van der Waals surface area contributed by atoms with Crippen LogP contribution in [0.1, 0.15) is 27.0 Å². The molecule has 0 aromatic heterocycles. The van der Waals surface area contributed by atoms with Crippen molar-refractivity contribution in [1.82, 2.24) is 0 Å². The van der Waals surface area contributed by atoms with Crippen LogP contribution in [0.15, 0.2) is 34.8 Å². The molecule has 0 bridgehead atoms. The molecule has 0 radical (unpaired) electrons. The lowest BCUT2D eigenvalue weighted by atomic mass is 9.97. The fourth-order valence-electron chi connectivity index (χ4n) is 1.92. The fraction of sp³-hybridized carbons (Fsp3) is 0.133. The Morgan fingerprint density at radius 1 is 1.11 bits per heavy atom. The monoisotopic (exact) mass is 337 g/mol. The van der Waals surface area contributed by atoms with E-state index in [-0.39, 0.29) is 5.78 Å². The maximum absolute atomic E-state index is 12.5. The van der Waals surface area contributed by atoms with Gasteiger partial charge in [0.1, 0.15) is 0 Å². The van der Waals surface area contributed by atoms with Crippen LogP contribution in [0.4, 0.5) is 5.69 Å². The van der Waals surface area contributed by atoms with Gasteiger partial charge in [-0.05, 0) is 55.3 Å². The van der Waals surface area contributed by atoms with Crippen LogP contribution >= 0.6 is 27.5 Å². The van der Waals surface area contributed by atoms with Gasteiger partial charge in [0.15, 0.2) is 5.78 Å². The molecule has 2 N–H and O–H groups in total. The van der Waals surface area contributed by atoms with Crippen LogP contribution in [0.2, 0.25) is 5.02 Å². The van der Waals surface area contributed by atoms with Crippen molar-refractivity contribution < 1.29 is 4.79 Å². The summed E-state index contributed by atoms with van der Waals surface area (Å²) in [5, 5.41) is 0.669. The molecule has 0 saturated heterocycles. The number of aryl methyl sites for hydroxylation is 2. The molecule has 4 heteroatoms. The number of hydrogen-bond acceptors (Lipinski definition) is 2. The molecule has 2 rings (SSSR count). The smallest absolute Gasteiger partial charge is 0.193 e. The molecule has 0 aliphatic heterocycles. The molecule has 2 aromatic rings. The Kier molecular flexibility index (Phi) is 3.97. The van der Waals surface area contributed by atoms with Gasteiger partial charge in [0, 0.05) is 26.3 Å². The van der Waals surface area contributed by atoms with Gasteiger partial charge in [0.25, 0.3) is 0 Å². The van der Waals surface area contributed by atoms with Crippen molar-refractivity contribution in [3.8, 4) is 0 Å². The number of hydrogen-bond donors (Lipinski definition) is 1. The van der Waals surface area contributed by atoms with Crippen molar-refractivity contribution in [3.05, 3.63) is 62.1 Å². The van der Waals surface area contributed by atoms with E-state index in [4.69, 9.17) is 17.3 Å². The highest BCUT2D eigenvalue weighted by Crippen LogP contribution is 2.25. The van der Waals surface area contributed by atoms with Crippen LogP contribution in [-0.2, 0) is 0 Å². The predicted molar refractivity (Wildman–Crippen MR) is 82.9 cm³/mol. The number of carbonyl (C=O) groups is 1. The summed E-state index contributed by atoms with van der Waals surface area (Å²) in [5.41, 5.74) is 9.29. The topological polar surface area (TPSA) is 43.1 Å². The number of carbonyl (C=O) groups excluding carboxylic acids is 1. The van der Waals surface area contributed by atoms with E-state index in [1.807, 2.05) is 26.0 Å². The maximum Gasteiger partial charge on any atom is 0.193 e. The maximum atomic E-state index is 12.5. The minimum Gasteiger partial charge on any atom is -0.399 e. The van der Waals surface area contributed by atoms with E-state index < -0.39 is 0 Å². The van der Waals surface area contributed by atoms with Crippen molar-refractivity contribution in [1.29, 1.82) is 0 Å². The van der Waals surface area contributed by atoms with Gasteiger partial charge in [-0.3, -0.25) is 4.79 Å². The Morgan fingerprint density at radius 3 is 2.42 bits per heavy atom. The molecular formula is C15H13BrClNO. The summed E-state index contributed by atoms with van der Waals surface area (Å²) in [5.74, 6) is -0.0507. The Balaban J connectivity index is 2.53. The number of nitrogen functional groups attached to an aromatic ring is 1. The van der Waals surface area contributed by atoms with E-state index in [2.05, 4.69) is 15.9 Å². The molecule has 0 amide bonds. The summed E-state index contributed by atoms with van der Waals surface area (Å²) in [6.07, 6.45) is 0. The molecule has 0 spiro atoms. The van der Waals surface area contributed by atoms with Crippen LogP contribution in [0.5, 0.6) is 0 Å². The van der Waals surface area contributed by atoms with Crippen LogP contribution in [-0.4, -0.2) is 5.78 Å². The third kappa shape index (κ3) is 2.99. The number of halogens is 2. The van der Waals surface area contributed by atoms with Gasteiger partial charge < -0.3 is 5.73 Å². The van der Waals surface area contributed by atoms with E-state index >= 15 is 0 Å². The van der Waals surface area contributed by atoms with Gasteiger partial charge in [0.2, 0.25) is 0 Å². The first kappa shape index (κ1) is 14.1. The van der Waals surface area contributed by atoms with Gasteiger partial charge in [-0.1, -0.05) is 27.5 Å². The van der Waals surface area contributed by atoms with Gasteiger partial charge >= 0.3 is 0 Å². The first-order chi connectivity index (χ1) is 8.88. The second-order valence-corrected chi connectivity index (χ2v) is 5.84. The van der Waals surface area contributed by atoms with Crippen molar-refractivity contribution in [2.75, 3.05) is 5.73 Å². The molecule has 98 valence electrons. The quantitative estimate of drug-likeness (QED) is 0.645. The van der Waals surface area contributed by atoms with E-state index in [1.165, 1.54) is 0 Å². The number of ketones is 1. The standard InChI is InChI=1S/C15H13BrClNO/c1-8-4-14(17)9(2)3-13(8)15(19)10-5-11(16)7-12(18)6-10/h3-7H,18H2,1-2H3. The zero-order chi connectivity index (χ0) is 14.2. The Bertz CT molecular complexity index is 647. The molecule has 0 aliphatic carbocycles. The third-order valence-electron chi connectivity index (χ3n) is 2.93. The molecule has 2 aromatic carbocycles. The summed E-state index contributed by atoms with van der Waals surface area (Å²) < 4.78 is 0.791. The van der Waals surface area contributed by atoms with Gasteiger partial charge in [0.05, 0.1) is 0 Å². The van der Waals surface area contributed by atoms with Crippen LogP contribution in [0.3, 0.4) is 0 Å². The van der Waals surface area contributed by atoms with Crippen molar-refractivity contribution >= 4 is 39.0 Å². The summed E-state index contributed by atoms with van der Waals surface area (Å²) in [4.78, 5) is 12.5. The van der Waals surface area contributed by atoms with Gasteiger partial charge in [-0.15, -0.1) is 0 Å². The SMILES string of the molecule is Cc1cc(C(=O)c2cc(N)cc(Br)c2)c(C)cc1Cl. The van der Waals surface area contributed by atoms with E-state index in [0.717, 1.165) is 15.6 Å². The Morgan fingerprint density at radius 2 is 1.79 bits per heavy atom. The normalized spacial score (nSPS) is 10.5. The molecular weight excluding hydrogens is 326 g/mol. The summed E-state index contributed by atoms with van der Waals surface area (Å²) in [6.45, 7) is 3.76. The minimum atomic E-state index is -0.0507. The largest absolute Gasteiger partial charge is 0.399 e. The summed E-state index contributed by atoms with van der Waals surface area (Å²) in [7, 11) is 0. The molecule has 0 saturated carbocycles. The van der Waals surface area contributed by atoms with Crippen molar-refractivity contribution in [2.45, 2.75) is 13.8 Å². The lowest BCUT2D eigenvalue weighted by Gasteiger charge is -2.09. The molecule has 0 atom stereocenters. The number of benzene rings is 2. The zero-order valence-corrected chi connectivity index (χ0v) is 13.0. The second-order valence-electron chi connectivity index (χ2n) is 4.52. The highest BCUT2D eigenvalue weighted by atomic mass is 79.9. The third-order valence-corrected chi connectivity index (χ3v) is 3.80. The van der Waals surface area contributed by atoms with Crippen molar-refractivity contribution in [3.63, 3.8) is 0 Å². The van der Waals surface area contributed by atoms with E-state index in [1.54, 1.807) is 18.2 Å². The van der Waals surface area contributed by atoms with Crippen molar-refractivity contribution in [2.24, 2.45) is 0 Å². The minimum absolute atomic E-state index is 0.0507. The first-order valence-electron chi connectivity index (χ1n) is 5.76. The fourth-order valence-corrected chi connectivity index (χ4v) is 2.65. The molecule has 19 heavy (non-hydrogen) atoms. The Hall–Kier alpha value is -1.32. The predicted octanol–water partition coefficient (Wildman–Crippen LogP) is 4.53. The first-order valence-corrected chi connectivity index (χ1v) is 6.93. The molecule has 2 nitrogen and oxygen atoms in total. The van der Waals surface area contributed by atoms with Gasteiger partial charge in [-0.25, -0.2) is 0 Å². The molecule has 0 unspecified atom stereocenters. The zero-order valence-electron chi connectivity index (χ0n) is 10.6. The lowest BCUT2D eigenvalue weighted by molar-refractivity contribution is 0.103.